The number of rotatable bonds is 5. The lowest BCUT2D eigenvalue weighted by molar-refractivity contribution is 0.298. The molecule has 2 heterocycles. The molecule has 20 heavy (non-hydrogen) atoms. The molecule has 0 amide bonds. The summed E-state index contributed by atoms with van der Waals surface area (Å²) in [6.07, 6.45) is 3.84. The molecule has 3 rings (SSSR count). The van der Waals surface area contributed by atoms with E-state index in [0.29, 0.717) is 13.2 Å². The molecule has 1 aliphatic rings. The van der Waals surface area contributed by atoms with Crippen molar-refractivity contribution in [2.45, 2.75) is 26.1 Å². The molecular weight excluding hydrogens is 254 g/mol. The second-order valence-corrected chi connectivity index (χ2v) is 4.84. The Hall–Kier alpha value is -2.01. The maximum atomic E-state index is 5.79. The highest BCUT2D eigenvalue weighted by Gasteiger charge is 2.22. The molecule has 106 valence electrons. The number of aryl methyl sites for hydroxylation is 1. The van der Waals surface area contributed by atoms with E-state index in [9.17, 15) is 0 Å². The fourth-order valence-corrected chi connectivity index (χ4v) is 2.34. The van der Waals surface area contributed by atoms with Crippen LogP contribution in [0.3, 0.4) is 0 Å². The average Bonchev–Trinajstić information content (AvgIpc) is 3.10. The maximum absolute atomic E-state index is 5.79. The SMILES string of the molecule is CCn1cc(COc2ccc3c(c2)OCC3NC)cn1. The minimum absolute atomic E-state index is 0.279. The lowest BCUT2D eigenvalue weighted by Gasteiger charge is -2.08. The van der Waals surface area contributed by atoms with Crippen molar-refractivity contribution in [1.29, 1.82) is 0 Å². The van der Waals surface area contributed by atoms with Crippen LogP contribution >= 0.6 is 0 Å². The molecule has 5 heteroatoms. The van der Waals surface area contributed by atoms with Crippen LogP contribution < -0.4 is 14.8 Å². The predicted octanol–water partition coefficient (Wildman–Crippen LogP) is 2.13. The Kier molecular flexibility index (Phi) is 3.60. The van der Waals surface area contributed by atoms with Crippen LogP contribution in [0.1, 0.15) is 24.1 Å². The topological polar surface area (TPSA) is 48.3 Å². The standard InChI is InChI=1S/C15H19N3O2/c1-3-18-8-11(7-17-18)9-19-12-4-5-13-14(16-2)10-20-15(13)6-12/h4-8,14,16H,3,9-10H2,1-2H3. The molecule has 0 spiro atoms. The third-order valence-electron chi connectivity index (χ3n) is 3.53. The van der Waals surface area contributed by atoms with Gasteiger partial charge in [0.15, 0.2) is 0 Å². The van der Waals surface area contributed by atoms with Gasteiger partial charge in [-0.05, 0) is 26.1 Å². The summed E-state index contributed by atoms with van der Waals surface area (Å²) < 4.78 is 13.3. The first kappa shape index (κ1) is 13.0. The predicted molar refractivity (Wildman–Crippen MR) is 76.0 cm³/mol. The van der Waals surface area contributed by atoms with Crippen LogP contribution in [0.2, 0.25) is 0 Å². The number of hydrogen-bond donors (Lipinski definition) is 1. The summed E-state index contributed by atoms with van der Waals surface area (Å²) >= 11 is 0. The summed E-state index contributed by atoms with van der Waals surface area (Å²) in [5.74, 6) is 1.73. The minimum atomic E-state index is 0.279. The van der Waals surface area contributed by atoms with E-state index >= 15 is 0 Å². The minimum Gasteiger partial charge on any atom is -0.491 e. The summed E-state index contributed by atoms with van der Waals surface area (Å²) in [6, 6.07) is 6.29. The van der Waals surface area contributed by atoms with E-state index in [2.05, 4.69) is 23.4 Å². The molecule has 1 aromatic carbocycles. The van der Waals surface area contributed by atoms with Crippen LogP contribution in [0.4, 0.5) is 0 Å². The molecule has 0 radical (unpaired) electrons. The zero-order valence-electron chi connectivity index (χ0n) is 11.8. The summed E-state index contributed by atoms with van der Waals surface area (Å²) in [5, 5.41) is 7.46. The van der Waals surface area contributed by atoms with Crippen molar-refractivity contribution in [1.82, 2.24) is 15.1 Å². The highest BCUT2D eigenvalue weighted by atomic mass is 16.5. The van der Waals surface area contributed by atoms with E-state index in [0.717, 1.165) is 23.6 Å². The van der Waals surface area contributed by atoms with Gasteiger partial charge in [-0.15, -0.1) is 0 Å². The van der Waals surface area contributed by atoms with Crippen molar-refractivity contribution >= 4 is 0 Å². The van der Waals surface area contributed by atoms with Crippen LogP contribution in [0.15, 0.2) is 30.6 Å². The molecule has 1 atom stereocenters. The normalized spacial score (nSPS) is 16.8. The van der Waals surface area contributed by atoms with Crippen molar-refractivity contribution in [3.8, 4) is 11.5 Å². The lowest BCUT2D eigenvalue weighted by atomic mass is 10.1. The molecule has 1 aliphatic heterocycles. The van der Waals surface area contributed by atoms with Crippen molar-refractivity contribution in [2.24, 2.45) is 0 Å². The van der Waals surface area contributed by atoms with Gasteiger partial charge in [-0.1, -0.05) is 0 Å². The number of nitrogens with zero attached hydrogens (tertiary/aromatic N) is 2. The molecule has 0 saturated carbocycles. The van der Waals surface area contributed by atoms with Crippen molar-refractivity contribution in [3.63, 3.8) is 0 Å². The number of ether oxygens (including phenoxy) is 2. The monoisotopic (exact) mass is 273 g/mol. The first-order valence-electron chi connectivity index (χ1n) is 6.88. The summed E-state index contributed by atoms with van der Waals surface area (Å²) in [5.41, 5.74) is 2.26. The van der Waals surface area contributed by atoms with Crippen LogP contribution in [0, 0.1) is 0 Å². The van der Waals surface area contributed by atoms with Gasteiger partial charge in [0.05, 0.1) is 12.2 Å². The average molecular weight is 273 g/mol. The van der Waals surface area contributed by atoms with Gasteiger partial charge in [0.1, 0.15) is 24.7 Å². The number of nitrogens with one attached hydrogen (secondary N) is 1. The second kappa shape index (κ2) is 5.54. The van der Waals surface area contributed by atoms with Crippen LogP contribution in [0.25, 0.3) is 0 Å². The molecule has 5 nitrogen and oxygen atoms in total. The Balaban J connectivity index is 1.67. The van der Waals surface area contributed by atoms with E-state index in [1.165, 1.54) is 5.56 Å². The highest BCUT2D eigenvalue weighted by molar-refractivity contribution is 5.45. The van der Waals surface area contributed by atoms with Gasteiger partial charge in [-0.3, -0.25) is 4.68 Å². The molecule has 0 saturated heterocycles. The Morgan fingerprint density at radius 2 is 2.40 bits per heavy atom. The number of fused-ring (bicyclic) bond motifs is 1. The van der Waals surface area contributed by atoms with E-state index in [1.54, 1.807) is 0 Å². The van der Waals surface area contributed by atoms with E-state index in [1.807, 2.05) is 36.3 Å². The molecule has 0 fully saturated rings. The van der Waals surface area contributed by atoms with Crippen LogP contribution in [-0.2, 0) is 13.2 Å². The first-order chi connectivity index (χ1) is 9.80. The highest BCUT2D eigenvalue weighted by Crippen LogP contribution is 2.35. The van der Waals surface area contributed by atoms with Gasteiger partial charge in [0.2, 0.25) is 0 Å². The first-order valence-corrected chi connectivity index (χ1v) is 6.88. The molecule has 1 N–H and O–H groups in total. The van der Waals surface area contributed by atoms with Crippen LogP contribution in [0.5, 0.6) is 11.5 Å². The largest absolute Gasteiger partial charge is 0.491 e. The molecular formula is C15H19N3O2. The number of likely N-dealkylation sites (N-methyl/N-ethyl adjacent to an activating group) is 1. The maximum Gasteiger partial charge on any atom is 0.127 e. The van der Waals surface area contributed by atoms with Gasteiger partial charge in [-0.25, -0.2) is 0 Å². The van der Waals surface area contributed by atoms with E-state index in [4.69, 9.17) is 9.47 Å². The number of aromatic nitrogens is 2. The van der Waals surface area contributed by atoms with Gasteiger partial charge >= 0.3 is 0 Å². The molecule has 1 aromatic heterocycles. The molecule has 0 aliphatic carbocycles. The van der Waals surface area contributed by atoms with Gasteiger partial charge in [0, 0.05) is 29.9 Å². The van der Waals surface area contributed by atoms with Crippen molar-refractivity contribution < 1.29 is 9.47 Å². The van der Waals surface area contributed by atoms with E-state index < -0.39 is 0 Å². The summed E-state index contributed by atoms with van der Waals surface area (Å²) in [6.45, 7) is 4.14. The molecule has 1 unspecified atom stereocenters. The summed E-state index contributed by atoms with van der Waals surface area (Å²) in [4.78, 5) is 0. The Bertz CT molecular complexity index is 595. The second-order valence-electron chi connectivity index (χ2n) is 4.84. The molecule has 0 bridgehead atoms. The zero-order valence-corrected chi connectivity index (χ0v) is 11.8. The van der Waals surface area contributed by atoms with Gasteiger partial charge < -0.3 is 14.8 Å². The fourth-order valence-electron chi connectivity index (χ4n) is 2.34. The van der Waals surface area contributed by atoms with Crippen LogP contribution in [-0.4, -0.2) is 23.4 Å². The smallest absolute Gasteiger partial charge is 0.127 e. The summed E-state index contributed by atoms with van der Waals surface area (Å²) in [7, 11) is 1.94. The van der Waals surface area contributed by atoms with E-state index in [-0.39, 0.29) is 6.04 Å². The Labute approximate surface area is 118 Å². The van der Waals surface area contributed by atoms with Crippen molar-refractivity contribution in [3.05, 3.63) is 41.7 Å². The third kappa shape index (κ3) is 2.49. The van der Waals surface area contributed by atoms with Gasteiger partial charge in [-0.2, -0.15) is 5.10 Å². The van der Waals surface area contributed by atoms with Crippen molar-refractivity contribution in [2.75, 3.05) is 13.7 Å². The quantitative estimate of drug-likeness (QED) is 0.906. The van der Waals surface area contributed by atoms with Gasteiger partial charge in [0.25, 0.3) is 0 Å². The Morgan fingerprint density at radius 1 is 1.50 bits per heavy atom. The number of hydrogen-bond acceptors (Lipinski definition) is 4. The number of benzene rings is 1. The zero-order chi connectivity index (χ0) is 13.9. The third-order valence-corrected chi connectivity index (χ3v) is 3.53. The Morgan fingerprint density at radius 3 is 3.15 bits per heavy atom. The lowest BCUT2D eigenvalue weighted by Crippen LogP contribution is -2.17. The fraction of sp³-hybridized carbons (Fsp3) is 0.400. The molecule has 2 aromatic rings.